The number of rotatable bonds is 11. The highest BCUT2D eigenvalue weighted by atomic mass is 15.3. The Morgan fingerprint density at radius 1 is 0.938 bits per heavy atom. The lowest BCUT2D eigenvalue weighted by Crippen LogP contribution is -2.39. The SMILES string of the molecule is Cc1nnc(CN=C(NCCCc2ccccc2)NCCCN(C)c2ccccc2)n1C. The Hall–Kier alpha value is -3.35. The maximum Gasteiger partial charge on any atom is 0.191 e. The molecule has 0 bridgehead atoms. The van der Waals surface area contributed by atoms with E-state index in [0.29, 0.717) is 6.54 Å². The van der Waals surface area contributed by atoms with Crippen LogP contribution in [0.1, 0.15) is 30.1 Å². The summed E-state index contributed by atoms with van der Waals surface area (Å²) in [5.74, 6) is 2.57. The second-order valence-electron chi connectivity index (χ2n) is 7.94. The number of aryl methyl sites for hydroxylation is 2. The van der Waals surface area contributed by atoms with Crippen LogP contribution in [0.5, 0.6) is 0 Å². The molecule has 2 N–H and O–H groups in total. The van der Waals surface area contributed by atoms with Gasteiger partial charge in [0.05, 0.1) is 0 Å². The van der Waals surface area contributed by atoms with Crippen molar-refractivity contribution in [1.82, 2.24) is 25.4 Å². The summed E-state index contributed by atoms with van der Waals surface area (Å²) in [4.78, 5) is 7.02. The van der Waals surface area contributed by atoms with E-state index >= 15 is 0 Å². The lowest BCUT2D eigenvalue weighted by molar-refractivity contribution is 0.701. The minimum Gasteiger partial charge on any atom is -0.375 e. The van der Waals surface area contributed by atoms with Gasteiger partial charge in [0.1, 0.15) is 12.4 Å². The van der Waals surface area contributed by atoms with Crippen LogP contribution in [0.15, 0.2) is 65.7 Å². The van der Waals surface area contributed by atoms with E-state index in [1.807, 2.05) is 24.6 Å². The Morgan fingerprint density at radius 3 is 2.25 bits per heavy atom. The van der Waals surface area contributed by atoms with Crippen LogP contribution < -0.4 is 15.5 Å². The van der Waals surface area contributed by atoms with E-state index in [0.717, 1.165) is 56.5 Å². The topological polar surface area (TPSA) is 70.4 Å². The molecule has 0 spiro atoms. The number of anilines is 1. The third-order valence-corrected chi connectivity index (χ3v) is 5.50. The van der Waals surface area contributed by atoms with Crippen LogP contribution in [0.3, 0.4) is 0 Å². The monoisotopic (exact) mass is 433 g/mol. The van der Waals surface area contributed by atoms with E-state index in [9.17, 15) is 0 Å². The molecule has 1 aromatic heterocycles. The molecule has 1 heterocycles. The predicted molar refractivity (Wildman–Crippen MR) is 132 cm³/mol. The Kier molecular flexibility index (Phi) is 9.10. The first-order chi connectivity index (χ1) is 15.6. The maximum atomic E-state index is 4.75. The fourth-order valence-corrected chi connectivity index (χ4v) is 3.39. The summed E-state index contributed by atoms with van der Waals surface area (Å²) in [7, 11) is 4.10. The third kappa shape index (κ3) is 7.41. The zero-order chi connectivity index (χ0) is 22.6. The van der Waals surface area contributed by atoms with Gasteiger partial charge in [0.25, 0.3) is 0 Å². The van der Waals surface area contributed by atoms with Crippen LogP contribution in [0, 0.1) is 6.92 Å². The molecule has 7 heteroatoms. The van der Waals surface area contributed by atoms with Crippen LogP contribution in [0.4, 0.5) is 5.69 Å². The van der Waals surface area contributed by atoms with Crippen LogP contribution in [-0.4, -0.2) is 47.4 Å². The van der Waals surface area contributed by atoms with Gasteiger partial charge in [-0.25, -0.2) is 4.99 Å². The molecule has 3 aromatic rings. The van der Waals surface area contributed by atoms with Gasteiger partial charge in [0.15, 0.2) is 11.8 Å². The number of hydrogen-bond donors (Lipinski definition) is 2. The highest BCUT2D eigenvalue weighted by Gasteiger charge is 2.06. The van der Waals surface area contributed by atoms with Gasteiger partial charge < -0.3 is 20.1 Å². The lowest BCUT2D eigenvalue weighted by Gasteiger charge is -2.19. The number of para-hydroxylation sites is 1. The minimum atomic E-state index is 0.495. The molecule has 170 valence electrons. The van der Waals surface area contributed by atoms with Crippen molar-refractivity contribution >= 4 is 11.6 Å². The Morgan fingerprint density at radius 2 is 1.59 bits per heavy atom. The summed E-state index contributed by atoms with van der Waals surface area (Å²) >= 11 is 0. The van der Waals surface area contributed by atoms with E-state index in [-0.39, 0.29) is 0 Å². The molecule has 0 aliphatic heterocycles. The summed E-state index contributed by atoms with van der Waals surface area (Å²) in [6.45, 7) is 5.13. The Bertz CT molecular complexity index is 951. The lowest BCUT2D eigenvalue weighted by atomic mass is 10.1. The molecule has 3 rings (SSSR count). The zero-order valence-corrected chi connectivity index (χ0v) is 19.5. The largest absolute Gasteiger partial charge is 0.375 e. The Labute approximate surface area is 191 Å². The first-order valence-electron chi connectivity index (χ1n) is 11.3. The summed E-state index contributed by atoms with van der Waals surface area (Å²) in [5.41, 5.74) is 2.59. The van der Waals surface area contributed by atoms with Crippen LogP contribution in [-0.2, 0) is 20.0 Å². The van der Waals surface area contributed by atoms with Crippen molar-refractivity contribution < 1.29 is 0 Å². The maximum absolute atomic E-state index is 4.75. The molecule has 0 aliphatic rings. The summed E-state index contributed by atoms with van der Waals surface area (Å²) < 4.78 is 1.98. The molecule has 0 amide bonds. The average Bonchev–Trinajstić information content (AvgIpc) is 3.15. The van der Waals surface area contributed by atoms with Gasteiger partial charge in [-0.2, -0.15) is 0 Å². The smallest absolute Gasteiger partial charge is 0.191 e. The van der Waals surface area contributed by atoms with Gasteiger partial charge in [-0.15, -0.1) is 10.2 Å². The molecule has 7 nitrogen and oxygen atoms in total. The predicted octanol–water partition coefficient (Wildman–Crippen LogP) is 3.32. The van der Waals surface area contributed by atoms with Crippen LogP contribution >= 0.6 is 0 Å². The quantitative estimate of drug-likeness (QED) is 0.276. The van der Waals surface area contributed by atoms with Crippen molar-refractivity contribution in [2.75, 3.05) is 31.6 Å². The Balaban J connectivity index is 1.48. The van der Waals surface area contributed by atoms with E-state index in [4.69, 9.17) is 4.99 Å². The van der Waals surface area contributed by atoms with Crippen LogP contribution in [0.25, 0.3) is 0 Å². The van der Waals surface area contributed by atoms with Gasteiger partial charge in [0, 0.05) is 39.4 Å². The molecular formula is C25H35N7. The third-order valence-electron chi connectivity index (χ3n) is 5.50. The average molecular weight is 434 g/mol. The highest BCUT2D eigenvalue weighted by molar-refractivity contribution is 5.79. The molecule has 0 fully saturated rings. The molecule has 2 aromatic carbocycles. The number of aliphatic imine (C=N–C) groups is 1. The number of guanidine groups is 1. The van der Waals surface area contributed by atoms with Crippen molar-refractivity contribution in [3.8, 4) is 0 Å². The van der Waals surface area contributed by atoms with Gasteiger partial charge in [-0.3, -0.25) is 0 Å². The second kappa shape index (κ2) is 12.5. The molecule has 0 unspecified atom stereocenters. The fourth-order valence-electron chi connectivity index (χ4n) is 3.39. The van der Waals surface area contributed by atoms with Crippen molar-refractivity contribution in [3.63, 3.8) is 0 Å². The number of nitrogens with zero attached hydrogens (tertiary/aromatic N) is 5. The molecule has 0 saturated heterocycles. The van der Waals surface area contributed by atoms with E-state index in [1.165, 1.54) is 11.3 Å². The normalized spacial score (nSPS) is 11.4. The van der Waals surface area contributed by atoms with Crippen molar-refractivity contribution in [3.05, 3.63) is 77.9 Å². The molecule has 0 radical (unpaired) electrons. The minimum absolute atomic E-state index is 0.495. The molecule has 0 aliphatic carbocycles. The van der Waals surface area contributed by atoms with E-state index in [1.54, 1.807) is 0 Å². The van der Waals surface area contributed by atoms with Gasteiger partial charge in [0.2, 0.25) is 0 Å². The first kappa shape index (κ1) is 23.3. The number of hydrogen-bond acceptors (Lipinski definition) is 4. The van der Waals surface area contributed by atoms with Crippen molar-refractivity contribution in [2.24, 2.45) is 12.0 Å². The summed E-state index contributed by atoms with van der Waals surface area (Å²) in [6.07, 6.45) is 3.11. The van der Waals surface area contributed by atoms with Gasteiger partial charge in [-0.1, -0.05) is 48.5 Å². The van der Waals surface area contributed by atoms with Crippen molar-refractivity contribution in [2.45, 2.75) is 32.7 Å². The number of benzene rings is 2. The molecule has 0 saturated carbocycles. The summed E-state index contributed by atoms with van der Waals surface area (Å²) in [5, 5.41) is 15.3. The van der Waals surface area contributed by atoms with Gasteiger partial charge >= 0.3 is 0 Å². The molecular weight excluding hydrogens is 398 g/mol. The molecule has 0 atom stereocenters. The van der Waals surface area contributed by atoms with E-state index in [2.05, 4.69) is 87.4 Å². The number of nitrogens with one attached hydrogen (secondary N) is 2. The summed E-state index contributed by atoms with van der Waals surface area (Å²) in [6, 6.07) is 21.0. The molecule has 32 heavy (non-hydrogen) atoms. The zero-order valence-electron chi connectivity index (χ0n) is 19.5. The van der Waals surface area contributed by atoms with Crippen LogP contribution in [0.2, 0.25) is 0 Å². The van der Waals surface area contributed by atoms with E-state index < -0.39 is 0 Å². The van der Waals surface area contributed by atoms with Crippen molar-refractivity contribution in [1.29, 1.82) is 0 Å². The second-order valence-corrected chi connectivity index (χ2v) is 7.94. The fraction of sp³-hybridized carbons (Fsp3) is 0.400. The van der Waals surface area contributed by atoms with Gasteiger partial charge in [-0.05, 0) is 43.9 Å². The number of aromatic nitrogens is 3. The first-order valence-corrected chi connectivity index (χ1v) is 11.3. The highest BCUT2D eigenvalue weighted by Crippen LogP contribution is 2.10. The standard InChI is InChI=1S/C25H35N7/c1-21-29-30-24(32(21)3)20-28-25(26-17-10-14-22-12-6-4-7-13-22)27-18-11-19-31(2)23-15-8-5-9-16-23/h4-9,12-13,15-16H,10-11,14,17-20H2,1-3H3,(H2,26,27,28).